The third-order valence-corrected chi connectivity index (χ3v) is 6.06. The van der Waals surface area contributed by atoms with Crippen LogP contribution in [0.4, 0.5) is 16.3 Å². The van der Waals surface area contributed by atoms with E-state index in [1.807, 2.05) is 75.4 Å². The molecular formula is C30H41N5O2. The molecule has 0 unspecified atom stereocenters. The fourth-order valence-electron chi connectivity index (χ4n) is 3.89. The number of aromatic nitrogens is 2. The van der Waals surface area contributed by atoms with Gasteiger partial charge < -0.3 is 15.5 Å². The summed E-state index contributed by atoms with van der Waals surface area (Å²) in [6, 6.07) is 17.4. The lowest BCUT2D eigenvalue weighted by molar-refractivity contribution is -0.116. The third-order valence-electron chi connectivity index (χ3n) is 6.06. The fourth-order valence-corrected chi connectivity index (χ4v) is 3.89. The second-order valence-corrected chi connectivity index (χ2v) is 11.4. The van der Waals surface area contributed by atoms with Crippen molar-refractivity contribution in [2.24, 2.45) is 5.92 Å². The molecule has 0 saturated heterocycles. The summed E-state index contributed by atoms with van der Waals surface area (Å²) in [5, 5.41) is 10.7. The number of benzene rings is 2. The van der Waals surface area contributed by atoms with Crippen LogP contribution >= 0.6 is 0 Å². The maximum Gasteiger partial charge on any atom is 0.322 e. The van der Waals surface area contributed by atoms with Gasteiger partial charge in [0.25, 0.3) is 0 Å². The lowest BCUT2D eigenvalue weighted by Crippen LogP contribution is -2.42. The largest absolute Gasteiger partial charge is 0.322 e. The summed E-state index contributed by atoms with van der Waals surface area (Å²) in [5.41, 5.74) is 4.59. The van der Waals surface area contributed by atoms with Gasteiger partial charge in [-0.3, -0.25) is 4.79 Å². The Morgan fingerprint density at radius 1 is 0.946 bits per heavy atom. The van der Waals surface area contributed by atoms with Gasteiger partial charge in [-0.15, -0.1) is 0 Å². The van der Waals surface area contributed by atoms with E-state index >= 15 is 0 Å². The summed E-state index contributed by atoms with van der Waals surface area (Å²) in [6.07, 6.45) is 0. The van der Waals surface area contributed by atoms with Crippen molar-refractivity contribution in [3.63, 3.8) is 0 Å². The van der Waals surface area contributed by atoms with Crippen molar-refractivity contribution in [3.8, 4) is 5.69 Å². The van der Waals surface area contributed by atoms with E-state index in [2.05, 4.69) is 45.3 Å². The number of nitrogens with zero attached hydrogens (tertiary/aromatic N) is 3. The van der Waals surface area contributed by atoms with Crippen LogP contribution in [-0.2, 0) is 10.2 Å². The zero-order chi connectivity index (χ0) is 27.3. The zero-order valence-corrected chi connectivity index (χ0v) is 23.4. The molecular weight excluding hydrogens is 462 g/mol. The summed E-state index contributed by atoms with van der Waals surface area (Å²) in [5.74, 6) is 0.915. The van der Waals surface area contributed by atoms with Crippen LogP contribution < -0.4 is 10.6 Å². The first-order valence-corrected chi connectivity index (χ1v) is 13.0. The lowest BCUT2D eigenvalue weighted by atomic mass is 9.92. The first-order chi connectivity index (χ1) is 17.3. The van der Waals surface area contributed by atoms with Gasteiger partial charge in [0.15, 0.2) is 0 Å². The van der Waals surface area contributed by atoms with Crippen LogP contribution in [0, 0.1) is 12.8 Å². The molecule has 37 heavy (non-hydrogen) atoms. The molecule has 0 radical (unpaired) electrons. The topological polar surface area (TPSA) is 79.3 Å². The molecule has 0 aliphatic heterocycles. The first-order valence-electron chi connectivity index (χ1n) is 13.0. The number of anilines is 2. The van der Waals surface area contributed by atoms with Crippen LogP contribution in [0.1, 0.15) is 71.2 Å². The molecule has 0 atom stereocenters. The molecule has 0 aliphatic carbocycles. The smallest absolute Gasteiger partial charge is 0.315 e. The molecule has 198 valence electrons. The Morgan fingerprint density at radius 3 is 2.11 bits per heavy atom. The molecule has 3 aromatic rings. The second-order valence-electron chi connectivity index (χ2n) is 11.4. The molecule has 2 aromatic carbocycles. The summed E-state index contributed by atoms with van der Waals surface area (Å²) in [7, 11) is 0. The van der Waals surface area contributed by atoms with Crippen LogP contribution in [0.15, 0.2) is 54.6 Å². The number of carbonyl (C=O) groups excluding carboxylic acids is 2. The van der Waals surface area contributed by atoms with Crippen LogP contribution in [0.25, 0.3) is 5.69 Å². The van der Waals surface area contributed by atoms with Gasteiger partial charge in [-0.1, -0.05) is 78.3 Å². The van der Waals surface area contributed by atoms with E-state index in [4.69, 9.17) is 5.10 Å². The van der Waals surface area contributed by atoms with Crippen molar-refractivity contribution < 1.29 is 9.59 Å². The Morgan fingerprint density at radius 2 is 1.57 bits per heavy atom. The summed E-state index contributed by atoms with van der Waals surface area (Å²) < 4.78 is 1.75. The number of hydrogen-bond acceptors (Lipinski definition) is 3. The van der Waals surface area contributed by atoms with Crippen LogP contribution in [-0.4, -0.2) is 39.7 Å². The minimum atomic E-state index is -0.302. The van der Waals surface area contributed by atoms with Crippen LogP contribution in [0.3, 0.4) is 0 Å². The molecule has 3 rings (SSSR count). The zero-order valence-electron chi connectivity index (χ0n) is 23.4. The molecule has 1 aromatic heterocycles. The Hall–Kier alpha value is -3.61. The molecule has 2 N–H and O–H groups in total. The standard InChI is InChI=1S/C30H41N5O2/c1-20(2)18-34(29(37)31-24-13-11-23(12-14-24)21(3)4)19-28(36)32-27-17-26(30(6,7)8)33-35(27)25-15-9-22(5)10-16-25/h9-17,20-21H,18-19H2,1-8H3,(H,31,37)(H,32,36). The van der Waals surface area contributed by atoms with Crippen molar-refractivity contribution in [1.82, 2.24) is 14.7 Å². The Kier molecular flexibility index (Phi) is 8.79. The van der Waals surface area contributed by atoms with E-state index in [9.17, 15) is 9.59 Å². The predicted octanol–water partition coefficient (Wildman–Crippen LogP) is 6.73. The minimum absolute atomic E-state index is 0.0714. The summed E-state index contributed by atoms with van der Waals surface area (Å²) >= 11 is 0. The van der Waals surface area contributed by atoms with Gasteiger partial charge in [-0.2, -0.15) is 5.10 Å². The monoisotopic (exact) mass is 503 g/mol. The molecule has 0 spiro atoms. The molecule has 0 saturated carbocycles. The number of carbonyl (C=O) groups is 2. The highest BCUT2D eigenvalue weighted by Crippen LogP contribution is 2.26. The van der Waals surface area contributed by atoms with Gasteiger partial charge in [0, 0.05) is 23.7 Å². The quantitative estimate of drug-likeness (QED) is 0.358. The molecule has 3 amide bonds. The highest BCUT2D eigenvalue weighted by molar-refractivity contribution is 5.96. The first kappa shape index (κ1) is 28.0. The highest BCUT2D eigenvalue weighted by Gasteiger charge is 2.23. The number of rotatable bonds is 8. The van der Waals surface area contributed by atoms with Crippen molar-refractivity contribution >= 4 is 23.4 Å². The maximum atomic E-state index is 13.2. The van der Waals surface area contributed by atoms with Gasteiger partial charge in [-0.25, -0.2) is 9.48 Å². The van der Waals surface area contributed by atoms with Gasteiger partial charge in [0.1, 0.15) is 12.4 Å². The van der Waals surface area contributed by atoms with E-state index in [1.165, 1.54) is 5.56 Å². The average molecular weight is 504 g/mol. The minimum Gasteiger partial charge on any atom is -0.315 e. The normalized spacial score (nSPS) is 11.6. The van der Waals surface area contributed by atoms with Crippen molar-refractivity contribution in [2.45, 2.75) is 66.7 Å². The predicted molar refractivity (Wildman–Crippen MR) is 152 cm³/mol. The van der Waals surface area contributed by atoms with E-state index in [0.717, 1.165) is 16.9 Å². The molecule has 0 bridgehead atoms. The average Bonchev–Trinajstić information content (AvgIpc) is 3.23. The third kappa shape index (κ3) is 7.68. The second kappa shape index (κ2) is 11.6. The fraction of sp³-hybridized carbons (Fsp3) is 0.433. The van der Waals surface area contributed by atoms with Gasteiger partial charge in [-0.05, 0) is 48.6 Å². The summed E-state index contributed by atoms with van der Waals surface area (Å²) in [4.78, 5) is 27.9. The summed E-state index contributed by atoms with van der Waals surface area (Å²) in [6.45, 7) is 17.0. The number of amides is 3. The maximum absolute atomic E-state index is 13.2. The highest BCUT2D eigenvalue weighted by atomic mass is 16.2. The Bertz CT molecular complexity index is 1200. The van der Waals surface area contributed by atoms with Gasteiger partial charge >= 0.3 is 6.03 Å². The molecule has 0 fully saturated rings. The van der Waals surface area contributed by atoms with Crippen molar-refractivity contribution in [3.05, 3.63) is 71.4 Å². The number of aryl methyl sites for hydroxylation is 1. The molecule has 7 heteroatoms. The SMILES string of the molecule is Cc1ccc(-n2nc(C(C)(C)C)cc2NC(=O)CN(CC(C)C)C(=O)Nc2ccc(C(C)C)cc2)cc1. The lowest BCUT2D eigenvalue weighted by Gasteiger charge is -2.24. The Balaban J connectivity index is 1.79. The van der Waals surface area contributed by atoms with Crippen molar-refractivity contribution in [2.75, 3.05) is 23.7 Å². The van der Waals surface area contributed by atoms with Crippen molar-refractivity contribution in [1.29, 1.82) is 0 Å². The molecule has 7 nitrogen and oxygen atoms in total. The Labute approximate surface area is 221 Å². The van der Waals surface area contributed by atoms with E-state index < -0.39 is 0 Å². The van der Waals surface area contributed by atoms with E-state index in [1.54, 1.807) is 9.58 Å². The number of nitrogens with one attached hydrogen (secondary N) is 2. The van der Waals surface area contributed by atoms with Gasteiger partial charge in [0.05, 0.1) is 11.4 Å². The van der Waals surface area contributed by atoms with E-state index in [0.29, 0.717) is 24.0 Å². The number of hydrogen-bond donors (Lipinski definition) is 2. The van der Waals surface area contributed by atoms with E-state index in [-0.39, 0.29) is 29.8 Å². The molecule has 0 aliphatic rings. The van der Waals surface area contributed by atoms with Crippen LogP contribution in [0.2, 0.25) is 0 Å². The number of urea groups is 1. The molecule has 1 heterocycles. The van der Waals surface area contributed by atoms with Gasteiger partial charge in [0.2, 0.25) is 5.91 Å². The van der Waals surface area contributed by atoms with Crippen LogP contribution in [0.5, 0.6) is 0 Å².